The van der Waals surface area contributed by atoms with Crippen molar-refractivity contribution in [2.75, 3.05) is 0 Å². The Morgan fingerprint density at radius 2 is 2.08 bits per heavy atom. The van der Waals surface area contributed by atoms with Gasteiger partial charge in [-0.25, -0.2) is 0 Å². The summed E-state index contributed by atoms with van der Waals surface area (Å²) < 4.78 is 0. The average Bonchev–Trinajstić information content (AvgIpc) is 2.28. The highest BCUT2D eigenvalue weighted by Crippen LogP contribution is 2.39. The molecule has 0 heterocycles. The second-order valence-electron chi connectivity index (χ2n) is 4.16. The molecular formula is C11H11ClO. The number of hydrogen-bond donors (Lipinski definition) is 0. The quantitative estimate of drug-likeness (QED) is 0.620. The maximum Gasteiger partial charge on any atom is 0.169 e. The van der Waals surface area contributed by atoms with Gasteiger partial charge < -0.3 is 0 Å². The van der Waals surface area contributed by atoms with E-state index in [0.29, 0.717) is 0 Å². The molecule has 1 aliphatic rings. The molecule has 2 rings (SSSR count). The van der Waals surface area contributed by atoms with Gasteiger partial charge in [0, 0.05) is 16.0 Å². The van der Waals surface area contributed by atoms with Crippen molar-refractivity contribution in [1.82, 2.24) is 0 Å². The molecular weight excluding hydrogens is 184 g/mol. The Balaban J connectivity index is 2.63. The summed E-state index contributed by atoms with van der Waals surface area (Å²) in [5, 5.41) is 0.719. The van der Waals surface area contributed by atoms with E-state index in [-0.39, 0.29) is 11.2 Å². The summed E-state index contributed by atoms with van der Waals surface area (Å²) in [7, 11) is 0. The van der Waals surface area contributed by atoms with Gasteiger partial charge >= 0.3 is 0 Å². The van der Waals surface area contributed by atoms with Crippen LogP contribution in [0.2, 0.25) is 5.02 Å². The second kappa shape index (κ2) is 2.58. The highest BCUT2D eigenvalue weighted by atomic mass is 35.5. The lowest BCUT2D eigenvalue weighted by Crippen LogP contribution is -2.18. The van der Waals surface area contributed by atoms with Gasteiger partial charge in [-0.2, -0.15) is 0 Å². The number of rotatable bonds is 0. The summed E-state index contributed by atoms with van der Waals surface area (Å²) in [6.07, 6.45) is 0.765. The van der Waals surface area contributed by atoms with Crippen LogP contribution in [0.4, 0.5) is 0 Å². The molecule has 1 aliphatic carbocycles. The summed E-state index contributed by atoms with van der Waals surface area (Å²) in [5.41, 5.74) is 1.55. The fourth-order valence-electron chi connectivity index (χ4n) is 1.84. The van der Waals surface area contributed by atoms with Gasteiger partial charge in [-0.3, -0.25) is 4.79 Å². The van der Waals surface area contributed by atoms with E-state index in [1.165, 1.54) is 0 Å². The van der Waals surface area contributed by atoms with Gasteiger partial charge in [0.25, 0.3) is 0 Å². The van der Waals surface area contributed by atoms with Crippen molar-refractivity contribution in [3.8, 4) is 0 Å². The van der Waals surface area contributed by atoms with Crippen LogP contribution in [0.1, 0.15) is 29.8 Å². The SMILES string of the molecule is CC1(C)Cc2c(Cl)cccc2C1=O. The molecule has 0 aliphatic heterocycles. The van der Waals surface area contributed by atoms with Crippen molar-refractivity contribution in [2.24, 2.45) is 5.41 Å². The van der Waals surface area contributed by atoms with Crippen molar-refractivity contribution in [3.63, 3.8) is 0 Å². The van der Waals surface area contributed by atoms with Crippen molar-refractivity contribution >= 4 is 17.4 Å². The Morgan fingerprint density at radius 3 is 2.69 bits per heavy atom. The number of hydrogen-bond acceptors (Lipinski definition) is 1. The van der Waals surface area contributed by atoms with Crippen LogP contribution in [0.5, 0.6) is 0 Å². The van der Waals surface area contributed by atoms with E-state index in [2.05, 4.69) is 0 Å². The standard InChI is InChI=1S/C11H11ClO/c1-11(2)6-8-7(10(11)13)4-3-5-9(8)12/h3-5H,6H2,1-2H3. The third-order valence-electron chi connectivity index (χ3n) is 2.60. The predicted octanol–water partition coefficient (Wildman–Crippen LogP) is 3.11. The maximum absolute atomic E-state index is 11.8. The Kier molecular flexibility index (Phi) is 1.74. The van der Waals surface area contributed by atoms with Crippen molar-refractivity contribution in [1.29, 1.82) is 0 Å². The molecule has 0 spiro atoms. The first-order valence-electron chi connectivity index (χ1n) is 4.34. The largest absolute Gasteiger partial charge is 0.294 e. The van der Waals surface area contributed by atoms with Crippen molar-refractivity contribution in [3.05, 3.63) is 34.3 Å². The van der Waals surface area contributed by atoms with E-state index < -0.39 is 0 Å². The first kappa shape index (κ1) is 8.76. The zero-order valence-electron chi connectivity index (χ0n) is 7.73. The van der Waals surface area contributed by atoms with Gasteiger partial charge in [-0.1, -0.05) is 37.6 Å². The minimum absolute atomic E-state index is 0.213. The molecule has 0 unspecified atom stereocenters. The molecule has 0 fully saturated rings. The Bertz CT molecular complexity index is 380. The van der Waals surface area contributed by atoms with E-state index in [9.17, 15) is 4.79 Å². The molecule has 0 atom stereocenters. The molecule has 0 saturated carbocycles. The highest BCUT2D eigenvalue weighted by molar-refractivity contribution is 6.32. The van der Waals surface area contributed by atoms with E-state index in [4.69, 9.17) is 11.6 Å². The molecule has 1 aromatic rings. The van der Waals surface area contributed by atoms with Crippen LogP contribution in [0.3, 0.4) is 0 Å². The van der Waals surface area contributed by atoms with Crippen molar-refractivity contribution < 1.29 is 4.79 Å². The lowest BCUT2D eigenvalue weighted by atomic mass is 9.89. The molecule has 1 aromatic carbocycles. The van der Waals surface area contributed by atoms with Crippen LogP contribution in [0.25, 0.3) is 0 Å². The highest BCUT2D eigenvalue weighted by Gasteiger charge is 2.38. The number of halogens is 1. The van der Waals surface area contributed by atoms with Crippen LogP contribution in [0, 0.1) is 5.41 Å². The number of Topliss-reactive ketones (excluding diaryl/α,β-unsaturated/α-hetero) is 1. The average molecular weight is 195 g/mol. The van der Waals surface area contributed by atoms with Crippen LogP contribution in [0.15, 0.2) is 18.2 Å². The Morgan fingerprint density at radius 1 is 1.38 bits per heavy atom. The van der Waals surface area contributed by atoms with E-state index in [1.54, 1.807) is 0 Å². The van der Waals surface area contributed by atoms with Gasteiger partial charge in [-0.15, -0.1) is 0 Å². The topological polar surface area (TPSA) is 17.1 Å². The molecule has 0 bridgehead atoms. The molecule has 0 saturated heterocycles. The lowest BCUT2D eigenvalue weighted by molar-refractivity contribution is 0.0863. The monoisotopic (exact) mass is 194 g/mol. The molecule has 0 radical (unpaired) electrons. The van der Waals surface area contributed by atoms with E-state index in [0.717, 1.165) is 22.6 Å². The third-order valence-corrected chi connectivity index (χ3v) is 2.95. The molecule has 2 heteroatoms. The first-order chi connectivity index (χ1) is 6.02. The molecule has 13 heavy (non-hydrogen) atoms. The number of ketones is 1. The fraction of sp³-hybridized carbons (Fsp3) is 0.364. The van der Waals surface area contributed by atoms with Crippen LogP contribution < -0.4 is 0 Å². The lowest BCUT2D eigenvalue weighted by Gasteiger charge is -2.13. The normalized spacial score (nSPS) is 18.8. The van der Waals surface area contributed by atoms with Crippen LogP contribution in [-0.2, 0) is 6.42 Å². The van der Waals surface area contributed by atoms with Crippen LogP contribution >= 0.6 is 11.6 Å². The summed E-state index contributed by atoms with van der Waals surface area (Å²) >= 11 is 6.01. The van der Waals surface area contributed by atoms with Gasteiger partial charge in [0.1, 0.15) is 0 Å². The van der Waals surface area contributed by atoms with Crippen LogP contribution in [-0.4, -0.2) is 5.78 Å². The molecule has 68 valence electrons. The first-order valence-corrected chi connectivity index (χ1v) is 4.72. The summed E-state index contributed by atoms with van der Waals surface area (Å²) in [5.74, 6) is 0.213. The van der Waals surface area contributed by atoms with E-state index in [1.807, 2.05) is 32.0 Å². The summed E-state index contributed by atoms with van der Waals surface area (Å²) in [6.45, 7) is 3.93. The zero-order valence-corrected chi connectivity index (χ0v) is 8.48. The number of carbonyl (C=O) groups is 1. The van der Waals surface area contributed by atoms with Gasteiger partial charge in [0.2, 0.25) is 0 Å². The number of benzene rings is 1. The molecule has 0 amide bonds. The summed E-state index contributed by atoms with van der Waals surface area (Å²) in [6, 6.07) is 5.54. The smallest absolute Gasteiger partial charge is 0.169 e. The minimum Gasteiger partial charge on any atom is -0.294 e. The number of carbonyl (C=O) groups excluding carboxylic acids is 1. The second-order valence-corrected chi connectivity index (χ2v) is 4.56. The molecule has 0 N–H and O–H groups in total. The van der Waals surface area contributed by atoms with E-state index >= 15 is 0 Å². The Labute approximate surface area is 82.7 Å². The zero-order chi connectivity index (χ0) is 9.64. The number of fused-ring (bicyclic) bond motifs is 1. The predicted molar refractivity (Wildman–Crippen MR) is 53.3 cm³/mol. The van der Waals surface area contributed by atoms with Crippen molar-refractivity contribution in [2.45, 2.75) is 20.3 Å². The third kappa shape index (κ3) is 1.19. The Hall–Kier alpha value is -0.820. The molecule has 1 nitrogen and oxygen atoms in total. The fourth-order valence-corrected chi connectivity index (χ4v) is 2.08. The minimum atomic E-state index is -0.271. The molecule has 0 aromatic heterocycles. The van der Waals surface area contributed by atoms with Gasteiger partial charge in [0.15, 0.2) is 5.78 Å². The summed E-state index contributed by atoms with van der Waals surface area (Å²) in [4.78, 5) is 11.8. The maximum atomic E-state index is 11.8. The van der Waals surface area contributed by atoms with Gasteiger partial charge in [0.05, 0.1) is 0 Å². The van der Waals surface area contributed by atoms with Gasteiger partial charge in [-0.05, 0) is 18.1 Å².